The Bertz CT molecular complexity index is 85.0. The Kier molecular flexibility index (Phi) is 4.93. The predicted octanol–water partition coefficient (Wildman–Crippen LogP) is 0.700. The molecule has 0 aliphatic heterocycles. The van der Waals surface area contributed by atoms with Gasteiger partial charge in [0.05, 0.1) is 5.25 Å². The molecule has 0 aliphatic carbocycles. The number of thioether (sulfide) groups is 1. The van der Waals surface area contributed by atoms with Crippen molar-refractivity contribution >= 4 is 11.8 Å². The van der Waals surface area contributed by atoms with Gasteiger partial charge in [-0.2, -0.15) is 0 Å². The van der Waals surface area contributed by atoms with Crippen LogP contribution >= 0.6 is 11.8 Å². The predicted molar refractivity (Wildman–Crippen MR) is 39.8 cm³/mol. The van der Waals surface area contributed by atoms with Gasteiger partial charge in [-0.1, -0.05) is 5.92 Å². The summed E-state index contributed by atoms with van der Waals surface area (Å²) >= 11 is 1.68. The average molecular weight is 129 g/mol. The van der Waals surface area contributed by atoms with E-state index in [0.717, 1.165) is 6.42 Å². The van der Waals surface area contributed by atoms with Crippen molar-refractivity contribution in [2.24, 2.45) is 5.73 Å². The van der Waals surface area contributed by atoms with Crippen LogP contribution in [0.25, 0.3) is 0 Å². The minimum absolute atomic E-state index is 0.319. The van der Waals surface area contributed by atoms with Crippen LogP contribution in [0.2, 0.25) is 0 Å². The molecule has 0 amide bonds. The number of nitrogens with two attached hydrogens (primary N) is 1. The van der Waals surface area contributed by atoms with E-state index in [9.17, 15) is 0 Å². The first-order chi connectivity index (χ1) is 3.85. The first-order valence-electron chi connectivity index (χ1n) is 2.54. The van der Waals surface area contributed by atoms with Crippen molar-refractivity contribution in [3.8, 4) is 12.3 Å². The van der Waals surface area contributed by atoms with Crippen LogP contribution in [0.4, 0.5) is 0 Å². The molecule has 0 fully saturated rings. The molecular formula is C6H11NS. The molecule has 0 heterocycles. The summed E-state index contributed by atoms with van der Waals surface area (Å²) in [4.78, 5) is 0. The van der Waals surface area contributed by atoms with Gasteiger partial charge in [-0.05, 0) is 19.2 Å². The van der Waals surface area contributed by atoms with Gasteiger partial charge < -0.3 is 5.73 Å². The van der Waals surface area contributed by atoms with Crippen LogP contribution in [0.5, 0.6) is 0 Å². The van der Waals surface area contributed by atoms with E-state index in [2.05, 4.69) is 5.92 Å². The van der Waals surface area contributed by atoms with Crippen molar-refractivity contribution in [1.29, 1.82) is 0 Å². The maximum absolute atomic E-state index is 5.27. The quantitative estimate of drug-likeness (QED) is 0.568. The van der Waals surface area contributed by atoms with Crippen LogP contribution in [0.1, 0.15) is 6.42 Å². The topological polar surface area (TPSA) is 26.0 Å². The van der Waals surface area contributed by atoms with E-state index in [4.69, 9.17) is 12.2 Å². The smallest absolute Gasteiger partial charge is 0.0663 e. The average Bonchev–Trinajstić information content (AvgIpc) is 1.83. The molecule has 0 aromatic heterocycles. The van der Waals surface area contributed by atoms with Crippen LogP contribution in [-0.4, -0.2) is 18.1 Å². The number of terminal acetylenes is 1. The van der Waals surface area contributed by atoms with Gasteiger partial charge in [0.25, 0.3) is 0 Å². The lowest BCUT2D eigenvalue weighted by molar-refractivity contribution is 0.884. The van der Waals surface area contributed by atoms with Crippen molar-refractivity contribution in [2.45, 2.75) is 11.7 Å². The van der Waals surface area contributed by atoms with Gasteiger partial charge >= 0.3 is 0 Å². The fourth-order valence-electron chi connectivity index (χ4n) is 0.421. The fourth-order valence-corrected chi connectivity index (χ4v) is 0.928. The number of hydrogen-bond donors (Lipinski definition) is 1. The Morgan fingerprint density at radius 3 is 2.62 bits per heavy atom. The molecular weight excluding hydrogens is 118 g/mol. The lowest BCUT2D eigenvalue weighted by Crippen LogP contribution is -2.07. The Morgan fingerprint density at radius 1 is 1.88 bits per heavy atom. The van der Waals surface area contributed by atoms with Gasteiger partial charge in [0.2, 0.25) is 0 Å². The second-order valence-electron chi connectivity index (χ2n) is 1.47. The molecule has 8 heavy (non-hydrogen) atoms. The van der Waals surface area contributed by atoms with Gasteiger partial charge in [-0.3, -0.25) is 0 Å². The molecule has 0 aromatic carbocycles. The molecule has 2 heteroatoms. The largest absolute Gasteiger partial charge is 0.330 e. The number of hydrogen-bond acceptors (Lipinski definition) is 2. The van der Waals surface area contributed by atoms with Crippen LogP contribution in [-0.2, 0) is 0 Å². The molecule has 1 nitrogen and oxygen atoms in total. The van der Waals surface area contributed by atoms with E-state index in [-0.39, 0.29) is 0 Å². The van der Waals surface area contributed by atoms with E-state index in [0.29, 0.717) is 11.8 Å². The third-order valence-corrected chi connectivity index (χ3v) is 1.84. The summed E-state index contributed by atoms with van der Waals surface area (Å²) in [6.45, 7) is 0.690. The Hall–Kier alpha value is -0.130. The molecule has 1 atom stereocenters. The maximum atomic E-state index is 5.27. The molecule has 0 rings (SSSR count). The summed E-state index contributed by atoms with van der Waals surface area (Å²) in [5.41, 5.74) is 5.27. The van der Waals surface area contributed by atoms with Gasteiger partial charge in [-0.15, -0.1) is 18.2 Å². The molecule has 0 aliphatic rings. The summed E-state index contributed by atoms with van der Waals surface area (Å²) in [6, 6.07) is 0. The van der Waals surface area contributed by atoms with Crippen molar-refractivity contribution in [3.05, 3.63) is 0 Å². The zero-order valence-corrected chi connectivity index (χ0v) is 5.87. The summed E-state index contributed by atoms with van der Waals surface area (Å²) in [5, 5.41) is 0.319. The zero-order chi connectivity index (χ0) is 6.41. The second kappa shape index (κ2) is 5.02. The highest BCUT2D eigenvalue weighted by molar-refractivity contribution is 7.99. The van der Waals surface area contributed by atoms with Gasteiger partial charge in [0.1, 0.15) is 0 Å². The fraction of sp³-hybridized carbons (Fsp3) is 0.667. The molecule has 46 valence electrons. The van der Waals surface area contributed by atoms with E-state index in [1.165, 1.54) is 0 Å². The Labute approximate surface area is 55.0 Å². The minimum atomic E-state index is 0.319. The van der Waals surface area contributed by atoms with Gasteiger partial charge in [0.15, 0.2) is 0 Å². The molecule has 0 spiro atoms. The molecule has 2 N–H and O–H groups in total. The van der Waals surface area contributed by atoms with Crippen LogP contribution in [0.3, 0.4) is 0 Å². The van der Waals surface area contributed by atoms with E-state index >= 15 is 0 Å². The summed E-state index contributed by atoms with van der Waals surface area (Å²) in [6.07, 6.45) is 8.07. The van der Waals surface area contributed by atoms with Crippen LogP contribution in [0.15, 0.2) is 0 Å². The maximum Gasteiger partial charge on any atom is 0.0663 e. The highest BCUT2D eigenvalue weighted by Crippen LogP contribution is 2.07. The first-order valence-corrected chi connectivity index (χ1v) is 3.83. The highest BCUT2D eigenvalue weighted by Gasteiger charge is 1.97. The normalized spacial score (nSPS) is 12.6. The minimum Gasteiger partial charge on any atom is -0.330 e. The molecule has 0 bridgehead atoms. The van der Waals surface area contributed by atoms with Crippen molar-refractivity contribution in [2.75, 3.05) is 12.8 Å². The Morgan fingerprint density at radius 2 is 2.50 bits per heavy atom. The van der Waals surface area contributed by atoms with Crippen molar-refractivity contribution in [3.63, 3.8) is 0 Å². The molecule has 0 saturated heterocycles. The third-order valence-electron chi connectivity index (χ3n) is 0.899. The van der Waals surface area contributed by atoms with E-state index in [1.54, 1.807) is 11.8 Å². The summed E-state index contributed by atoms with van der Waals surface area (Å²) in [7, 11) is 0. The number of rotatable bonds is 3. The monoisotopic (exact) mass is 129 g/mol. The SMILES string of the molecule is C#CC(CCN)SC. The van der Waals surface area contributed by atoms with E-state index in [1.807, 2.05) is 6.26 Å². The standard InChI is InChI=1S/C6H11NS/c1-3-6(8-2)4-5-7/h1,6H,4-5,7H2,2H3. The lowest BCUT2D eigenvalue weighted by atomic mass is 10.3. The first kappa shape index (κ1) is 7.87. The molecule has 0 aromatic rings. The molecule has 1 unspecified atom stereocenters. The van der Waals surface area contributed by atoms with Crippen molar-refractivity contribution in [1.82, 2.24) is 0 Å². The van der Waals surface area contributed by atoms with Gasteiger partial charge in [-0.25, -0.2) is 0 Å². The lowest BCUT2D eigenvalue weighted by Gasteiger charge is -2.01. The summed E-state index contributed by atoms with van der Waals surface area (Å²) in [5.74, 6) is 2.64. The summed E-state index contributed by atoms with van der Waals surface area (Å²) < 4.78 is 0. The van der Waals surface area contributed by atoms with E-state index < -0.39 is 0 Å². The molecule has 0 saturated carbocycles. The van der Waals surface area contributed by atoms with Crippen LogP contribution in [0, 0.1) is 12.3 Å². The van der Waals surface area contributed by atoms with Crippen molar-refractivity contribution < 1.29 is 0 Å². The van der Waals surface area contributed by atoms with Gasteiger partial charge in [0, 0.05) is 0 Å². The zero-order valence-electron chi connectivity index (χ0n) is 5.05. The molecule has 0 radical (unpaired) electrons. The highest BCUT2D eigenvalue weighted by atomic mass is 32.2. The third kappa shape index (κ3) is 2.95. The van der Waals surface area contributed by atoms with Crippen LogP contribution < -0.4 is 5.73 Å². The Balaban J connectivity index is 3.26. The second-order valence-corrected chi connectivity index (χ2v) is 2.51.